The lowest BCUT2D eigenvalue weighted by Gasteiger charge is -2.05. The van der Waals surface area contributed by atoms with E-state index in [2.05, 4.69) is 14.7 Å². The first-order valence-corrected chi connectivity index (χ1v) is 6.86. The van der Waals surface area contributed by atoms with Crippen molar-refractivity contribution in [2.24, 2.45) is 0 Å². The third-order valence-electron chi connectivity index (χ3n) is 3.07. The lowest BCUT2D eigenvalue weighted by Crippen LogP contribution is -2.03. The van der Waals surface area contributed by atoms with Crippen LogP contribution in [0.5, 0.6) is 0 Å². The van der Waals surface area contributed by atoms with Gasteiger partial charge in [-0.2, -0.15) is 0 Å². The van der Waals surface area contributed by atoms with E-state index in [4.69, 9.17) is 0 Å². The van der Waals surface area contributed by atoms with E-state index in [1.807, 2.05) is 24.3 Å². The Kier molecular flexibility index (Phi) is 3.25. The number of rotatable bonds is 3. The number of aliphatic hydroxyl groups excluding tert-OH is 1. The standard InChI is InChI=1S/C14H12N2O3S/c1-19-14(18)11-7-20-13(16-11)12(17)9-6-15-10-5-3-2-4-8(9)10/h2-7,12,15,17H,1H3/t12-/m1/s1. The SMILES string of the molecule is COC(=O)c1csc([C@H](O)c2c[nH]c3ccccc23)n1. The van der Waals surface area contributed by atoms with Crippen molar-refractivity contribution in [2.45, 2.75) is 6.10 Å². The van der Waals surface area contributed by atoms with Gasteiger partial charge in [0.05, 0.1) is 7.11 Å². The van der Waals surface area contributed by atoms with Gasteiger partial charge in [0.15, 0.2) is 5.69 Å². The Morgan fingerprint density at radius 3 is 3.05 bits per heavy atom. The molecule has 3 rings (SSSR count). The number of nitrogens with one attached hydrogen (secondary N) is 1. The minimum Gasteiger partial charge on any atom is -0.464 e. The van der Waals surface area contributed by atoms with Gasteiger partial charge in [0.25, 0.3) is 0 Å². The normalized spacial score (nSPS) is 12.5. The number of hydrogen-bond donors (Lipinski definition) is 2. The van der Waals surface area contributed by atoms with Crippen LogP contribution in [0.2, 0.25) is 0 Å². The Hall–Kier alpha value is -2.18. The second kappa shape index (κ2) is 5.07. The molecular formula is C14H12N2O3S. The number of fused-ring (bicyclic) bond motifs is 1. The monoisotopic (exact) mass is 288 g/mol. The van der Waals surface area contributed by atoms with Crippen molar-refractivity contribution >= 4 is 28.2 Å². The summed E-state index contributed by atoms with van der Waals surface area (Å²) in [6.45, 7) is 0. The van der Waals surface area contributed by atoms with E-state index in [1.54, 1.807) is 11.6 Å². The van der Waals surface area contributed by atoms with Crippen LogP contribution in [-0.4, -0.2) is 28.2 Å². The van der Waals surface area contributed by atoms with Crippen LogP contribution < -0.4 is 0 Å². The van der Waals surface area contributed by atoms with Gasteiger partial charge >= 0.3 is 5.97 Å². The maximum atomic E-state index is 11.4. The van der Waals surface area contributed by atoms with Crippen LogP contribution in [0, 0.1) is 0 Å². The highest BCUT2D eigenvalue weighted by Gasteiger charge is 2.20. The second-order valence-electron chi connectivity index (χ2n) is 4.25. The summed E-state index contributed by atoms with van der Waals surface area (Å²) in [5.41, 5.74) is 1.91. The molecule has 6 heteroatoms. The van der Waals surface area contributed by atoms with Crippen LogP contribution in [-0.2, 0) is 4.74 Å². The number of benzene rings is 1. The van der Waals surface area contributed by atoms with Gasteiger partial charge in [-0.1, -0.05) is 18.2 Å². The lowest BCUT2D eigenvalue weighted by atomic mass is 10.1. The highest BCUT2D eigenvalue weighted by Crippen LogP contribution is 2.30. The Morgan fingerprint density at radius 1 is 1.45 bits per heavy atom. The summed E-state index contributed by atoms with van der Waals surface area (Å²) in [7, 11) is 1.30. The number of aromatic nitrogens is 2. The molecule has 0 unspecified atom stereocenters. The highest BCUT2D eigenvalue weighted by molar-refractivity contribution is 7.09. The summed E-state index contributed by atoms with van der Waals surface area (Å²) >= 11 is 1.23. The third-order valence-corrected chi connectivity index (χ3v) is 3.96. The first-order valence-electron chi connectivity index (χ1n) is 5.98. The van der Waals surface area contributed by atoms with E-state index in [-0.39, 0.29) is 5.69 Å². The zero-order valence-corrected chi connectivity index (χ0v) is 11.5. The fourth-order valence-corrected chi connectivity index (χ4v) is 2.85. The Balaban J connectivity index is 1.98. The Labute approximate surface area is 118 Å². The smallest absolute Gasteiger partial charge is 0.357 e. The Morgan fingerprint density at radius 2 is 2.25 bits per heavy atom. The van der Waals surface area contributed by atoms with Gasteiger partial charge in [0, 0.05) is 28.0 Å². The average molecular weight is 288 g/mol. The van der Waals surface area contributed by atoms with Crippen LogP contribution in [0.3, 0.4) is 0 Å². The van der Waals surface area contributed by atoms with Gasteiger partial charge in [-0.05, 0) is 6.07 Å². The topological polar surface area (TPSA) is 75.2 Å². The first kappa shape index (κ1) is 12.8. The number of carbonyl (C=O) groups is 1. The number of esters is 1. The zero-order chi connectivity index (χ0) is 14.1. The molecule has 0 saturated heterocycles. The molecule has 5 nitrogen and oxygen atoms in total. The summed E-state index contributed by atoms with van der Waals surface area (Å²) in [5.74, 6) is -0.501. The quantitative estimate of drug-likeness (QED) is 0.726. The molecule has 0 saturated carbocycles. The highest BCUT2D eigenvalue weighted by atomic mass is 32.1. The molecule has 0 radical (unpaired) electrons. The van der Waals surface area contributed by atoms with Crippen molar-refractivity contribution in [1.82, 2.24) is 9.97 Å². The van der Waals surface area contributed by atoms with E-state index in [9.17, 15) is 9.90 Å². The van der Waals surface area contributed by atoms with Crippen LogP contribution in [0.15, 0.2) is 35.8 Å². The van der Waals surface area contributed by atoms with E-state index in [0.717, 1.165) is 16.5 Å². The molecule has 2 N–H and O–H groups in total. The number of thiazole rings is 1. The van der Waals surface area contributed by atoms with Gasteiger partial charge < -0.3 is 14.8 Å². The minimum absolute atomic E-state index is 0.214. The van der Waals surface area contributed by atoms with E-state index in [1.165, 1.54) is 18.4 Å². The number of hydrogen-bond acceptors (Lipinski definition) is 5. The van der Waals surface area contributed by atoms with Gasteiger partial charge in [0.2, 0.25) is 0 Å². The number of carbonyl (C=O) groups excluding carboxylic acids is 1. The number of aromatic amines is 1. The fourth-order valence-electron chi connectivity index (χ4n) is 2.06. The van der Waals surface area contributed by atoms with Gasteiger partial charge in [0.1, 0.15) is 11.1 Å². The van der Waals surface area contributed by atoms with Gasteiger partial charge in [-0.15, -0.1) is 11.3 Å². The molecule has 0 amide bonds. The van der Waals surface area contributed by atoms with E-state index < -0.39 is 12.1 Å². The van der Waals surface area contributed by atoms with Crippen molar-refractivity contribution in [3.8, 4) is 0 Å². The van der Waals surface area contributed by atoms with E-state index >= 15 is 0 Å². The molecule has 0 aliphatic rings. The second-order valence-corrected chi connectivity index (χ2v) is 5.14. The maximum Gasteiger partial charge on any atom is 0.357 e. The van der Waals surface area contributed by atoms with Crippen molar-refractivity contribution in [3.05, 3.63) is 52.1 Å². The predicted octanol–water partition coefficient (Wildman–Crippen LogP) is 2.49. The number of para-hydroxylation sites is 1. The largest absolute Gasteiger partial charge is 0.464 e. The Bertz CT molecular complexity index is 762. The van der Waals surface area contributed by atoms with Crippen molar-refractivity contribution in [1.29, 1.82) is 0 Å². The number of ether oxygens (including phenoxy) is 1. The predicted molar refractivity (Wildman–Crippen MR) is 75.8 cm³/mol. The molecule has 1 aromatic carbocycles. The molecular weight excluding hydrogens is 276 g/mol. The molecule has 0 bridgehead atoms. The third kappa shape index (κ3) is 2.09. The summed E-state index contributed by atoms with van der Waals surface area (Å²) < 4.78 is 4.61. The molecule has 2 aromatic heterocycles. The number of aliphatic hydroxyl groups is 1. The molecule has 20 heavy (non-hydrogen) atoms. The molecule has 2 heterocycles. The average Bonchev–Trinajstić information content (AvgIpc) is 3.12. The molecule has 1 atom stereocenters. The molecule has 0 aliphatic carbocycles. The van der Waals surface area contributed by atoms with Gasteiger partial charge in [-0.3, -0.25) is 0 Å². The molecule has 0 aliphatic heterocycles. The summed E-state index contributed by atoms with van der Waals surface area (Å²) in [4.78, 5) is 18.6. The molecule has 0 fully saturated rings. The zero-order valence-electron chi connectivity index (χ0n) is 10.7. The first-order chi connectivity index (χ1) is 9.70. The lowest BCUT2D eigenvalue weighted by molar-refractivity contribution is 0.0594. The molecule has 102 valence electrons. The van der Waals surface area contributed by atoms with Crippen molar-refractivity contribution in [2.75, 3.05) is 7.11 Å². The fraction of sp³-hybridized carbons (Fsp3) is 0.143. The van der Waals surface area contributed by atoms with Crippen LogP contribution in [0.1, 0.15) is 27.2 Å². The minimum atomic E-state index is -0.866. The number of methoxy groups -OCH3 is 1. The van der Waals surface area contributed by atoms with Crippen molar-refractivity contribution < 1.29 is 14.6 Å². The molecule has 3 aromatic rings. The number of nitrogens with zero attached hydrogens (tertiary/aromatic N) is 1. The summed E-state index contributed by atoms with van der Waals surface area (Å²) in [6, 6.07) is 7.70. The van der Waals surface area contributed by atoms with Crippen LogP contribution in [0.4, 0.5) is 0 Å². The van der Waals surface area contributed by atoms with Crippen LogP contribution >= 0.6 is 11.3 Å². The van der Waals surface area contributed by atoms with Crippen LogP contribution in [0.25, 0.3) is 10.9 Å². The number of H-pyrrole nitrogens is 1. The maximum absolute atomic E-state index is 11.4. The molecule has 0 spiro atoms. The van der Waals surface area contributed by atoms with Crippen molar-refractivity contribution in [3.63, 3.8) is 0 Å². The summed E-state index contributed by atoms with van der Waals surface area (Å²) in [5, 5.41) is 13.4. The van der Waals surface area contributed by atoms with Gasteiger partial charge in [-0.25, -0.2) is 9.78 Å². The summed E-state index contributed by atoms with van der Waals surface area (Å²) in [6.07, 6.45) is 0.892. The van der Waals surface area contributed by atoms with E-state index in [0.29, 0.717) is 5.01 Å².